The van der Waals surface area contributed by atoms with Gasteiger partial charge in [-0.15, -0.1) is 24.0 Å². The van der Waals surface area contributed by atoms with E-state index in [4.69, 9.17) is 0 Å². The zero-order valence-electron chi connectivity index (χ0n) is 15.7. The monoisotopic (exact) mass is 517 g/mol. The minimum Gasteiger partial charge on any atom is -0.355 e. The first-order valence-corrected chi connectivity index (χ1v) is 10.6. The molecule has 1 saturated heterocycles. The number of rotatable bonds is 5. The Bertz CT molecular complexity index is 907. The molecular formula is C20H25FIN3O2S. The van der Waals surface area contributed by atoms with E-state index in [0.717, 1.165) is 25.6 Å². The number of hydrogen-bond donors (Lipinski definition) is 1. The Morgan fingerprint density at radius 2 is 1.86 bits per heavy atom. The molecule has 1 unspecified atom stereocenters. The average Bonchev–Trinajstić information content (AvgIpc) is 3.16. The molecule has 1 aliphatic heterocycles. The summed E-state index contributed by atoms with van der Waals surface area (Å²) in [7, 11) is -2.00. The number of sulfone groups is 1. The summed E-state index contributed by atoms with van der Waals surface area (Å²) >= 11 is 0. The van der Waals surface area contributed by atoms with Crippen LogP contribution in [-0.2, 0) is 9.84 Å². The lowest BCUT2D eigenvalue weighted by molar-refractivity contribution is 0.488. The topological polar surface area (TPSA) is 61.8 Å². The van der Waals surface area contributed by atoms with Crippen LogP contribution in [-0.4, -0.2) is 51.7 Å². The SMILES string of the molecule is CN=C(NCCS(=O)(=O)c1ccccc1F)N1CCC(c2ccccc2)C1.I. The van der Waals surface area contributed by atoms with Gasteiger partial charge >= 0.3 is 0 Å². The van der Waals surface area contributed by atoms with Crippen molar-refractivity contribution in [1.29, 1.82) is 0 Å². The second-order valence-electron chi connectivity index (χ2n) is 6.57. The second-order valence-corrected chi connectivity index (χ2v) is 8.64. The molecule has 1 N–H and O–H groups in total. The van der Waals surface area contributed by atoms with Crippen molar-refractivity contribution in [2.75, 3.05) is 32.4 Å². The van der Waals surface area contributed by atoms with Crippen molar-refractivity contribution in [3.05, 3.63) is 66.0 Å². The van der Waals surface area contributed by atoms with Gasteiger partial charge in [0.15, 0.2) is 15.8 Å². The van der Waals surface area contributed by atoms with Crippen LogP contribution in [0.4, 0.5) is 4.39 Å². The third kappa shape index (κ3) is 5.44. The van der Waals surface area contributed by atoms with E-state index in [2.05, 4.69) is 27.3 Å². The van der Waals surface area contributed by atoms with Crippen LogP contribution in [0.1, 0.15) is 17.9 Å². The summed E-state index contributed by atoms with van der Waals surface area (Å²) in [6.45, 7) is 1.87. The van der Waals surface area contributed by atoms with Gasteiger partial charge in [-0.05, 0) is 24.1 Å². The zero-order valence-corrected chi connectivity index (χ0v) is 18.9. The molecule has 0 spiro atoms. The molecule has 1 heterocycles. The van der Waals surface area contributed by atoms with Crippen LogP contribution >= 0.6 is 24.0 Å². The van der Waals surface area contributed by atoms with Crippen LogP contribution < -0.4 is 5.32 Å². The Labute approximate surface area is 183 Å². The van der Waals surface area contributed by atoms with Crippen molar-refractivity contribution in [3.63, 3.8) is 0 Å². The molecule has 8 heteroatoms. The van der Waals surface area contributed by atoms with Crippen LogP contribution in [0.15, 0.2) is 64.5 Å². The Hall–Kier alpha value is -1.68. The molecule has 1 fully saturated rings. The Morgan fingerprint density at radius 1 is 1.18 bits per heavy atom. The van der Waals surface area contributed by atoms with Gasteiger partial charge < -0.3 is 10.2 Å². The van der Waals surface area contributed by atoms with Gasteiger partial charge in [-0.2, -0.15) is 0 Å². The van der Waals surface area contributed by atoms with E-state index >= 15 is 0 Å². The second kappa shape index (κ2) is 10.2. The maximum Gasteiger partial charge on any atom is 0.193 e. The quantitative estimate of drug-likeness (QED) is 0.376. The number of nitrogens with zero attached hydrogens (tertiary/aromatic N) is 2. The Balaban J connectivity index is 0.00000280. The van der Waals surface area contributed by atoms with Crippen LogP contribution in [0.25, 0.3) is 0 Å². The van der Waals surface area contributed by atoms with Crippen LogP contribution in [0.3, 0.4) is 0 Å². The first-order chi connectivity index (χ1) is 13.0. The van der Waals surface area contributed by atoms with Crippen LogP contribution in [0.5, 0.6) is 0 Å². The van der Waals surface area contributed by atoms with Gasteiger partial charge in [0.05, 0.1) is 5.75 Å². The lowest BCUT2D eigenvalue weighted by Crippen LogP contribution is -2.41. The van der Waals surface area contributed by atoms with E-state index in [0.29, 0.717) is 11.9 Å². The van der Waals surface area contributed by atoms with E-state index < -0.39 is 15.7 Å². The summed E-state index contributed by atoms with van der Waals surface area (Å²) in [5.74, 6) is 0.208. The van der Waals surface area contributed by atoms with Crippen molar-refractivity contribution in [3.8, 4) is 0 Å². The van der Waals surface area contributed by atoms with E-state index in [1.807, 2.05) is 18.2 Å². The van der Waals surface area contributed by atoms with Gasteiger partial charge in [-0.3, -0.25) is 4.99 Å². The molecule has 0 radical (unpaired) electrons. The molecule has 152 valence electrons. The highest BCUT2D eigenvalue weighted by atomic mass is 127. The first kappa shape index (κ1) is 22.6. The number of aliphatic imine (C=N–C) groups is 1. The minimum absolute atomic E-state index is 0. The van der Waals surface area contributed by atoms with E-state index in [9.17, 15) is 12.8 Å². The highest BCUT2D eigenvalue weighted by molar-refractivity contribution is 14.0. The smallest absolute Gasteiger partial charge is 0.193 e. The third-order valence-electron chi connectivity index (χ3n) is 4.80. The van der Waals surface area contributed by atoms with Crippen molar-refractivity contribution >= 4 is 39.8 Å². The predicted molar refractivity (Wildman–Crippen MR) is 121 cm³/mol. The van der Waals surface area contributed by atoms with Gasteiger partial charge in [0.2, 0.25) is 0 Å². The van der Waals surface area contributed by atoms with Gasteiger partial charge in [-0.1, -0.05) is 42.5 Å². The molecule has 0 amide bonds. The summed E-state index contributed by atoms with van der Waals surface area (Å²) in [5.41, 5.74) is 1.30. The predicted octanol–water partition coefficient (Wildman–Crippen LogP) is 3.28. The van der Waals surface area contributed by atoms with Crippen LogP contribution in [0, 0.1) is 5.82 Å². The van der Waals surface area contributed by atoms with Gasteiger partial charge in [0.25, 0.3) is 0 Å². The summed E-state index contributed by atoms with van der Waals surface area (Å²) < 4.78 is 38.5. The Morgan fingerprint density at radius 3 is 2.54 bits per heavy atom. The molecule has 0 saturated carbocycles. The number of halogens is 2. The maximum absolute atomic E-state index is 13.8. The lowest BCUT2D eigenvalue weighted by atomic mass is 9.99. The van der Waals surface area contributed by atoms with Gasteiger partial charge in [0.1, 0.15) is 10.7 Å². The fourth-order valence-corrected chi connectivity index (χ4v) is 4.63. The largest absolute Gasteiger partial charge is 0.355 e. The van der Waals surface area contributed by atoms with E-state index in [-0.39, 0.29) is 41.2 Å². The summed E-state index contributed by atoms with van der Waals surface area (Å²) in [4.78, 5) is 6.15. The molecule has 1 aliphatic rings. The highest BCUT2D eigenvalue weighted by Gasteiger charge is 2.26. The summed E-state index contributed by atoms with van der Waals surface area (Å²) in [6, 6.07) is 15.8. The normalized spacial score (nSPS) is 17.3. The first-order valence-electron chi connectivity index (χ1n) is 8.99. The average molecular weight is 517 g/mol. The molecule has 5 nitrogen and oxygen atoms in total. The highest BCUT2D eigenvalue weighted by Crippen LogP contribution is 2.26. The fraction of sp³-hybridized carbons (Fsp3) is 0.350. The fourth-order valence-electron chi connectivity index (χ4n) is 3.39. The third-order valence-corrected chi connectivity index (χ3v) is 6.54. The standard InChI is InChI=1S/C20H24FN3O2S.HI/c1-22-20(24-13-11-17(15-24)16-7-3-2-4-8-16)23-12-14-27(25,26)19-10-6-5-9-18(19)21;/h2-10,17H,11-15H2,1H3,(H,22,23);1H. The zero-order chi connectivity index (χ0) is 19.3. The number of likely N-dealkylation sites (tertiary alicyclic amines) is 1. The molecule has 0 aliphatic carbocycles. The molecule has 0 aromatic heterocycles. The van der Waals surface area contributed by atoms with E-state index in [1.54, 1.807) is 7.05 Å². The molecule has 28 heavy (non-hydrogen) atoms. The minimum atomic E-state index is -3.68. The molecule has 0 bridgehead atoms. The lowest BCUT2D eigenvalue weighted by Gasteiger charge is -2.22. The van der Waals surface area contributed by atoms with Crippen molar-refractivity contribution in [1.82, 2.24) is 10.2 Å². The molecule has 2 aromatic rings. The molecular weight excluding hydrogens is 492 g/mol. The summed E-state index contributed by atoms with van der Waals surface area (Å²) in [5, 5.41) is 3.10. The van der Waals surface area contributed by atoms with Gasteiger partial charge in [-0.25, -0.2) is 12.8 Å². The van der Waals surface area contributed by atoms with Crippen molar-refractivity contribution in [2.45, 2.75) is 17.2 Å². The van der Waals surface area contributed by atoms with Crippen molar-refractivity contribution < 1.29 is 12.8 Å². The summed E-state index contributed by atoms with van der Waals surface area (Å²) in [6.07, 6.45) is 1.03. The van der Waals surface area contributed by atoms with Crippen molar-refractivity contribution in [2.24, 2.45) is 4.99 Å². The van der Waals surface area contributed by atoms with E-state index in [1.165, 1.54) is 23.8 Å². The van der Waals surface area contributed by atoms with Gasteiger partial charge in [0, 0.05) is 32.6 Å². The number of nitrogens with one attached hydrogen (secondary N) is 1. The Kier molecular flexibility index (Phi) is 8.23. The number of benzene rings is 2. The maximum atomic E-state index is 13.8. The molecule has 3 rings (SSSR count). The molecule has 1 atom stereocenters. The van der Waals surface area contributed by atoms with Crippen LogP contribution in [0.2, 0.25) is 0 Å². The number of hydrogen-bond acceptors (Lipinski definition) is 3. The number of guanidine groups is 1. The molecule has 2 aromatic carbocycles.